The maximum atomic E-state index is 10.8. The molecule has 0 saturated heterocycles. The van der Waals surface area contributed by atoms with E-state index in [9.17, 15) is 16.8 Å². The van der Waals surface area contributed by atoms with Crippen LogP contribution in [-0.4, -0.2) is 45.8 Å². The Kier molecular flexibility index (Phi) is 4.08. The fourth-order valence-corrected chi connectivity index (χ4v) is 2.49. The van der Waals surface area contributed by atoms with Gasteiger partial charge in [0.15, 0.2) is 9.84 Å². The molecule has 0 saturated carbocycles. The molecule has 0 heterocycles. The lowest BCUT2D eigenvalue weighted by Gasteiger charge is -2.06. The van der Waals surface area contributed by atoms with Gasteiger partial charge in [-0.25, -0.2) is 16.8 Å². The van der Waals surface area contributed by atoms with E-state index in [1.165, 1.54) is 0 Å². The number of aliphatic hydroxyl groups excluding tert-OH is 1. The maximum Gasteiger partial charge on any atom is 0.173 e. The van der Waals surface area contributed by atoms with Crippen molar-refractivity contribution < 1.29 is 21.9 Å². The lowest BCUT2D eigenvalue weighted by atomic mass is 10.5. The number of rotatable bonds is 5. The Balaban J connectivity index is 4.35. The lowest BCUT2D eigenvalue weighted by molar-refractivity contribution is 0.220. The van der Waals surface area contributed by atoms with Crippen LogP contribution in [0.15, 0.2) is 12.0 Å². The van der Waals surface area contributed by atoms with E-state index in [1.54, 1.807) is 0 Å². The Morgan fingerprint density at radius 3 is 2.08 bits per heavy atom. The summed E-state index contributed by atoms with van der Waals surface area (Å²) in [5, 5.41) is 9.74. The van der Waals surface area contributed by atoms with Crippen molar-refractivity contribution in [2.24, 2.45) is 0 Å². The van der Waals surface area contributed by atoms with Gasteiger partial charge >= 0.3 is 0 Å². The molecule has 78 valence electrons. The van der Waals surface area contributed by atoms with E-state index in [2.05, 4.69) is 6.58 Å². The normalized spacial score (nSPS) is 15.2. The number of aliphatic hydroxyl groups is 1. The van der Waals surface area contributed by atoms with Crippen molar-refractivity contribution in [3.63, 3.8) is 0 Å². The van der Waals surface area contributed by atoms with Gasteiger partial charge in [-0.15, -0.1) is 0 Å². The van der Waals surface area contributed by atoms with E-state index < -0.39 is 37.3 Å². The highest BCUT2D eigenvalue weighted by Gasteiger charge is 2.18. The van der Waals surface area contributed by atoms with Crippen LogP contribution < -0.4 is 0 Å². The molecule has 5 nitrogen and oxygen atoms in total. The Bertz CT molecular complexity index is 364. The van der Waals surface area contributed by atoms with E-state index in [-0.39, 0.29) is 0 Å². The highest BCUT2D eigenvalue weighted by molar-refractivity contribution is 7.94. The molecule has 0 aliphatic rings. The van der Waals surface area contributed by atoms with Crippen molar-refractivity contribution in [2.45, 2.75) is 6.10 Å². The molecular formula is C6H12O5S2. The molecule has 0 spiro atoms. The van der Waals surface area contributed by atoms with Crippen molar-refractivity contribution in [3.05, 3.63) is 12.0 Å². The average Bonchev–Trinajstić information content (AvgIpc) is 1.81. The summed E-state index contributed by atoms with van der Waals surface area (Å²) in [6, 6.07) is 0. The minimum Gasteiger partial charge on any atom is -0.391 e. The summed E-state index contributed by atoms with van der Waals surface area (Å²) in [6.07, 6.45) is -0.463. The Morgan fingerprint density at radius 1 is 1.31 bits per heavy atom. The van der Waals surface area contributed by atoms with Gasteiger partial charge in [-0.05, 0) is 0 Å². The smallest absolute Gasteiger partial charge is 0.173 e. The molecule has 0 aromatic carbocycles. The predicted molar refractivity (Wildman–Crippen MR) is 49.7 cm³/mol. The first-order chi connectivity index (χ1) is 5.66. The third-order valence-corrected chi connectivity index (χ3v) is 3.52. The molecule has 1 unspecified atom stereocenters. The standard InChI is InChI=1S/C6H12O5S2/c1-3-13(10,11)5-6(7)4-12(2,8)9/h3,6-7H,1,4-5H2,2H3. The predicted octanol–water partition coefficient (Wildman–Crippen LogP) is -1.05. The first-order valence-corrected chi connectivity index (χ1v) is 7.15. The SMILES string of the molecule is C=CS(=O)(=O)CC(O)CS(C)(=O)=O. The molecule has 0 rings (SSSR count). The van der Waals surface area contributed by atoms with Gasteiger partial charge in [0.1, 0.15) is 9.84 Å². The van der Waals surface area contributed by atoms with Crippen LogP contribution >= 0.6 is 0 Å². The molecule has 0 aromatic heterocycles. The summed E-state index contributed by atoms with van der Waals surface area (Å²) in [6.45, 7) is 3.03. The fourth-order valence-electron chi connectivity index (χ4n) is 0.734. The number of hydrogen-bond acceptors (Lipinski definition) is 5. The fraction of sp³-hybridized carbons (Fsp3) is 0.667. The number of sulfone groups is 2. The molecule has 1 N–H and O–H groups in total. The molecule has 0 amide bonds. The van der Waals surface area contributed by atoms with Gasteiger partial charge in [-0.2, -0.15) is 0 Å². The highest BCUT2D eigenvalue weighted by Crippen LogP contribution is 1.98. The van der Waals surface area contributed by atoms with E-state index >= 15 is 0 Å². The van der Waals surface area contributed by atoms with Crippen LogP contribution in [0.25, 0.3) is 0 Å². The Hall–Kier alpha value is -0.400. The summed E-state index contributed by atoms with van der Waals surface area (Å²) in [5.41, 5.74) is 0. The maximum absolute atomic E-state index is 10.8. The quantitative estimate of drug-likeness (QED) is 0.648. The molecular weight excluding hydrogens is 216 g/mol. The van der Waals surface area contributed by atoms with Crippen LogP contribution in [0.4, 0.5) is 0 Å². The molecule has 0 aromatic rings. The Morgan fingerprint density at radius 2 is 1.77 bits per heavy atom. The molecule has 13 heavy (non-hydrogen) atoms. The summed E-state index contributed by atoms with van der Waals surface area (Å²) >= 11 is 0. The van der Waals surface area contributed by atoms with Crippen LogP contribution in [0.1, 0.15) is 0 Å². The van der Waals surface area contributed by atoms with Gasteiger partial charge in [0.25, 0.3) is 0 Å². The third kappa shape index (κ3) is 6.73. The average molecular weight is 228 g/mol. The van der Waals surface area contributed by atoms with Crippen LogP contribution in [0.5, 0.6) is 0 Å². The summed E-state index contributed by atoms with van der Waals surface area (Å²) in [7, 11) is -6.89. The van der Waals surface area contributed by atoms with E-state index in [4.69, 9.17) is 5.11 Å². The van der Waals surface area contributed by atoms with Gasteiger partial charge in [-0.1, -0.05) is 6.58 Å². The zero-order chi connectivity index (χ0) is 10.7. The first kappa shape index (κ1) is 12.6. The third-order valence-electron chi connectivity index (χ3n) is 1.17. The van der Waals surface area contributed by atoms with Crippen LogP contribution in [-0.2, 0) is 19.7 Å². The van der Waals surface area contributed by atoms with Crippen molar-refractivity contribution in [3.8, 4) is 0 Å². The van der Waals surface area contributed by atoms with Gasteiger partial charge in [-0.3, -0.25) is 0 Å². The van der Waals surface area contributed by atoms with Crippen molar-refractivity contribution >= 4 is 19.7 Å². The van der Waals surface area contributed by atoms with E-state index in [0.717, 1.165) is 6.26 Å². The lowest BCUT2D eigenvalue weighted by Crippen LogP contribution is -2.27. The number of hydrogen-bond donors (Lipinski definition) is 1. The van der Waals surface area contributed by atoms with Gasteiger partial charge in [0.05, 0.1) is 17.6 Å². The minimum atomic E-state index is -3.54. The summed E-state index contributed by atoms with van der Waals surface area (Å²) in [5.74, 6) is -1.16. The molecule has 0 aliphatic carbocycles. The van der Waals surface area contributed by atoms with Crippen molar-refractivity contribution in [1.82, 2.24) is 0 Å². The van der Waals surface area contributed by atoms with Crippen molar-refractivity contribution in [2.75, 3.05) is 17.8 Å². The molecule has 0 aliphatic heterocycles. The molecule has 1 atom stereocenters. The van der Waals surface area contributed by atoms with Gasteiger partial charge in [0, 0.05) is 11.7 Å². The van der Waals surface area contributed by atoms with Crippen LogP contribution in [0, 0.1) is 0 Å². The largest absolute Gasteiger partial charge is 0.391 e. The highest BCUT2D eigenvalue weighted by atomic mass is 32.2. The molecule has 7 heteroatoms. The summed E-state index contributed by atoms with van der Waals surface area (Å²) < 4.78 is 42.9. The van der Waals surface area contributed by atoms with Crippen molar-refractivity contribution in [1.29, 1.82) is 0 Å². The van der Waals surface area contributed by atoms with Crippen LogP contribution in [0.3, 0.4) is 0 Å². The zero-order valence-electron chi connectivity index (χ0n) is 7.17. The second-order valence-electron chi connectivity index (χ2n) is 2.74. The van der Waals surface area contributed by atoms with Crippen LogP contribution in [0.2, 0.25) is 0 Å². The summed E-state index contributed by atoms with van der Waals surface area (Å²) in [4.78, 5) is 0. The topological polar surface area (TPSA) is 88.5 Å². The second-order valence-corrected chi connectivity index (χ2v) is 6.92. The molecule has 0 bridgehead atoms. The molecule has 0 radical (unpaired) electrons. The second kappa shape index (κ2) is 4.21. The first-order valence-electron chi connectivity index (χ1n) is 3.37. The zero-order valence-corrected chi connectivity index (χ0v) is 8.81. The monoisotopic (exact) mass is 228 g/mol. The van der Waals surface area contributed by atoms with E-state index in [0.29, 0.717) is 5.41 Å². The van der Waals surface area contributed by atoms with E-state index in [1.807, 2.05) is 0 Å². The Labute approximate surface area is 77.9 Å². The minimum absolute atomic E-state index is 0.555. The van der Waals surface area contributed by atoms with Gasteiger partial charge in [0.2, 0.25) is 0 Å². The molecule has 0 fully saturated rings. The van der Waals surface area contributed by atoms with Gasteiger partial charge < -0.3 is 5.11 Å².